The van der Waals surface area contributed by atoms with Gasteiger partial charge in [0.25, 0.3) is 0 Å². The molecule has 2 atom stereocenters. The number of halogens is 1. The molecular weight excluding hydrogens is 209 g/mol. The number of hydrogen-bond donors (Lipinski definition) is 2. The SMILES string of the molecule is NC1N=CCNC1c1ccc(C=O)c(F)c1. The highest BCUT2D eigenvalue weighted by atomic mass is 19.1. The molecule has 84 valence electrons. The summed E-state index contributed by atoms with van der Waals surface area (Å²) in [6.45, 7) is 0.607. The van der Waals surface area contributed by atoms with E-state index in [4.69, 9.17) is 5.73 Å². The van der Waals surface area contributed by atoms with E-state index in [0.29, 0.717) is 18.4 Å². The fraction of sp³-hybridized carbons (Fsp3) is 0.273. The molecule has 4 nitrogen and oxygen atoms in total. The standard InChI is InChI=1S/C11H12FN3O/c12-9-5-7(1-2-8(9)6-16)10-11(13)15-4-3-14-10/h1-2,4-6,10-11,14H,3,13H2. The van der Waals surface area contributed by atoms with Crippen LogP contribution in [0.2, 0.25) is 0 Å². The van der Waals surface area contributed by atoms with Crippen molar-refractivity contribution in [3.63, 3.8) is 0 Å². The van der Waals surface area contributed by atoms with Crippen molar-refractivity contribution < 1.29 is 9.18 Å². The fourth-order valence-corrected chi connectivity index (χ4v) is 1.71. The molecule has 2 unspecified atom stereocenters. The van der Waals surface area contributed by atoms with Crippen molar-refractivity contribution in [1.29, 1.82) is 0 Å². The number of nitrogens with one attached hydrogen (secondary N) is 1. The maximum Gasteiger partial charge on any atom is 0.152 e. The average molecular weight is 221 g/mol. The number of rotatable bonds is 2. The lowest BCUT2D eigenvalue weighted by Gasteiger charge is -2.25. The third kappa shape index (κ3) is 2.00. The Hall–Kier alpha value is -1.59. The first-order valence-electron chi connectivity index (χ1n) is 4.97. The van der Waals surface area contributed by atoms with Crippen LogP contribution in [0.5, 0.6) is 0 Å². The monoisotopic (exact) mass is 221 g/mol. The molecule has 0 saturated carbocycles. The summed E-state index contributed by atoms with van der Waals surface area (Å²) in [6, 6.07) is 4.25. The molecule has 0 amide bonds. The van der Waals surface area contributed by atoms with Crippen LogP contribution in [0.3, 0.4) is 0 Å². The normalized spacial score (nSPS) is 24.4. The molecule has 5 heteroatoms. The predicted octanol–water partition coefficient (Wildman–Crippen LogP) is 0.638. The molecule has 1 aliphatic rings. The molecule has 1 aromatic carbocycles. The lowest BCUT2D eigenvalue weighted by atomic mass is 10.0. The second kappa shape index (κ2) is 4.51. The zero-order valence-corrected chi connectivity index (χ0v) is 8.56. The maximum atomic E-state index is 13.4. The van der Waals surface area contributed by atoms with Crippen LogP contribution in [0.15, 0.2) is 23.2 Å². The molecule has 16 heavy (non-hydrogen) atoms. The molecule has 1 aliphatic heterocycles. The van der Waals surface area contributed by atoms with E-state index in [1.54, 1.807) is 12.3 Å². The van der Waals surface area contributed by atoms with Crippen LogP contribution < -0.4 is 11.1 Å². The third-order valence-electron chi connectivity index (χ3n) is 2.56. The van der Waals surface area contributed by atoms with Gasteiger partial charge in [0.1, 0.15) is 12.0 Å². The molecule has 0 spiro atoms. The predicted molar refractivity (Wildman–Crippen MR) is 59.0 cm³/mol. The number of benzene rings is 1. The Balaban J connectivity index is 2.30. The minimum absolute atomic E-state index is 0.0524. The topological polar surface area (TPSA) is 67.5 Å². The van der Waals surface area contributed by atoms with Gasteiger partial charge in [0.15, 0.2) is 6.29 Å². The van der Waals surface area contributed by atoms with E-state index in [0.717, 1.165) is 0 Å². The van der Waals surface area contributed by atoms with Crippen molar-refractivity contribution in [2.24, 2.45) is 10.7 Å². The number of aliphatic imine (C=N–C) groups is 1. The van der Waals surface area contributed by atoms with Crippen molar-refractivity contribution >= 4 is 12.5 Å². The minimum atomic E-state index is -0.531. The highest BCUT2D eigenvalue weighted by Crippen LogP contribution is 2.20. The highest BCUT2D eigenvalue weighted by Gasteiger charge is 2.21. The molecule has 0 saturated heterocycles. The van der Waals surface area contributed by atoms with Crippen LogP contribution in [-0.4, -0.2) is 25.2 Å². The molecule has 2 rings (SSSR count). The maximum absolute atomic E-state index is 13.4. The van der Waals surface area contributed by atoms with E-state index in [9.17, 15) is 9.18 Å². The first-order valence-corrected chi connectivity index (χ1v) is 4.97. The average Bonchev–Trinajstić information content (AvgIpc) is 2.29. The third-order valence-corrected chi connectivity index (χ3v) is 2.56. The van der Waals surface area contributed by atoms with E-state index in [1.165, 1.54) is 12.1 Å². The molecule has 3 N–H and O–H groups in total. The Morgan fingerprint density at radius 2 is 2.38 bits per heavy atom. The van der Waals surface area contributed by atoms with Gasteiger partial charge in [0, 0.05) is 12.8 Å². The van der Waals surface area contributed by atoms with Gasteiger partial charge in [0.2, 0.25) is 0 Å². The lowest BCUT2D eigenvalue weighted by molar-refractivity contribution is 0.112. The molecule has 0 radical (unpaired) electrons. The zero-order chi connectivity index (χ0) is 11.5. The van der Waals surface area contributed by atoms with Gasteiger partial charge in [-0.1, -0.05) is 6.07 Å². The largest absolute Gasteiger partial charge is 0.308 e. The molecule has 0 aliphatic carbocycles. The first-order chi connectivity index (χ1) is 7.72. The summed E-state index contributed by atoms with van der Waals surface area (Å²) in [4.78, 5) is 14.5. The number of nitrogens with two attached hydrogens (primary N) is 1. The number of carbonyl (C=O) groups is 1. The Bertz CT molecular complexity index is 433. The molecular formula is C11H12FN3O. The zero-order valence-electron chi connectivity index (χ0n) is 8.56. The van der Waals surface area contributed by atoms with Gasteiger partial charge in [-0.15, -0.1) is 0 Å². The summed E-state index contributed by atoms with van der Waals surface area (Å²) in [5.74, 6) is -0.531. The van der Waals surface area contributed by atoms with E-state index in [2.05, 4.69) is 10.3 Å². The quantitative estimate of drug-likeness (QED) is 0.720. The number of hydrogen-bond acceptors (Lipinski definition) is 4. The van der Waals surface area contributed by atoms with E-state index < -0.39 is 12.0 Å². The van der Waals surface area contributed by atoms with E-state index in [1.807, 2.05) is 0 Å². The number of carbonyl (C=O) groups excluding carboxylic acids is 1. The summed E-state index contributed by atoms with van der Waals surface area (Å²) >= 11 is 0. The van der Waals surface area contributed by atoms with Crippen molar-refractivity contribution in [2.75, 3.05) is 6.54 Å². The van der Waals surface area contributed by atoms with Crippen LogP contribution in [0.4, 0.5) is 4.39 Å². The van der Waals surface area contributed by atoms with Gasteiger partial charge in [-0.25, -0.2) is 4.39 Å². The van der Waals surface area contributed by atoms with Gasteiger partial charge in [-0.3, -0.25) is 9.79 Å². The van der Waals surface area contributed by atoms with Crippen molar-refractivity contribution in [1.82, 2.24) is 5.32 Å². The Labute approximate surface area is 92.4 Å². The fourth-order valence-electron chi connectivity index (χ4n) is 1.71. The van der Waals surface area contributed by atoms with Crippen LogP contribution in [-0.2, 0) is 0 Å². The van der Waals surface area contributed by atoms with Gasteiger partial charge < -0.3 is 11.1 Å². The Morgan fingerprint density at radius 3 is 3.00 bits per heavy atom. The first kappa shape index (κ1) is 10.9. The summed E-state index contributed by atoms with van der Waals surface area (Å²) in [6.07, 6.45) is 1.76. The molecule has 0 aromatic heterocycles. The summed E-state index contributed by atoms with van der Waals surface area (Å²) < 4.78 is 13.4. The molecule has 0 bridgehead atoms. The van der Waals surface area contributed by atoms with Crippen LogP contribution in [0.1, 0.15) is 22.0 Å². The van der Waals surface area contributed by atoms with Gasteiger partial charge in [-0.2, -0.15) is 0 Å². The number of nitrogens with zero attached hydrogens (tertiary/aromatic N) is 1. The van der Waals surface area contributed by atoms with Crippen LogP contribution >= 0.6 is 0 Å². The lowest BCUT2D eigenvalue weighted by Crippen LogP contribution is -2.41. The Morgan fingerprint density at radius 1 is 1.56 bits per heavy atom. The van der Waals surface area contributed by atoms with Gasteiger partial charge in [0.05, 0.1) is 11.6 Å². The molecule has 1 heterocycles. The smallest absolute Gasteiger partial charge is 0.152 e. The van der Waals surface area contributed by atoms with Crippen LogP contribution in [0, 0.1) is 5.82 Å². The second-order valence-electron chi connectivity index (χ2n) is 3.61. The second-order valence-corrected chi connectivity index (χ2v) is 3.61. The van der Waals surface area contributed by atoms with E-state index in [-0.39, 0.29) is 11.6 Å². The summed E-state index contributed by atoms with van der Waals surface area (Å²) in [7, 11) is 0. The highest BCUT2D eigenvalue weighted by molar-refractivity contribution is 5.75. The van der Waals surface area contributed by atoms with Gasteiger partial charge >= 0.3 is 0 Å². The molecule has 0 fully saturated rings. The van der Waals surface area contributed by atoms with Gasteiger partial charge in [-0.05, 0) is 17.7 Å². The van der Waals surface area contributed by atoms with Crippen LogP contribution in [0.25, 0.3) is 0 Å². The van der Waals surface area contributed by atoms with E-state index >= 15 is 0 Å². The summed E-state index contributed by atoms with van der Waals surface area (Å²) in [5, 5.41) is 3.12. The molecule has 1 aromatic rings. The Kier molecular flexibility index (Phi) is 3.07. The van der Waals surface area contributed by atoms with Crippen molar-refractivity contribution in [3.8, 4) is 0 Å². The minimum Gasteiger partial charge on any atom is -0.308 e. The van der Waals surface area contributed by atoms with Crippen molar-refractivity contribution in [2.45, 2.75) is 12.2 Å². The summed E-state index contributed by atoms with van der Waals surface area (Å²) in [5.41, 5.74) is 6.53. The number of aldehydes is 1. The van der Waals surface area contributed by atoms with Crippen molar-refractivity contribution in [3.05, 3.63) is 35.1 Å².